The van der Waals surface area contributed by atoms with Crippen molar-refractivity contribution in [3.05, 3.63) is 22.6 Å². The lowest BCUT2D eigenvalue weighted by Crippen LogP contribution is -2.30. The number of nitrogens with zero attached hydrogens (tertiary/aromatic N) is 2. The average Bonchev–Trinajstić information content (AvgIpc) is 2.67. The van der Waals surface area contributed by atoms with Crippen LogP contribution >= 0.6 is 15.9 Å². The summed E-state index contributed by atoms with van der Waals surface area (Å²) < 4.78 is 5.82. The Balaban J connectivity index is 2.12. The van der Waals surface area contributed by atoms with Gasteiger partial charge in [0.05, 0.1) is 6.54 Å². The Bertz CT molecular complexity index is 415. The molecule has 0 saturated carbocycles. The van der Waals surface area contributed by atoms with Crippen molar-refractivity contribution in [2.24, 2.45) is 0 Å². The lowest BCUT2D eigenvalue weighted by Gasteiger charge is -2.11. The molecule has 80 valence electrons. The van der Waals surface area contributed by atoms with Gasteiger partial charge in [-0.05, 0) is 28.1 Å². The van der Waals surface area contributed by atoms with Gasteiger partial charge in [0.2, 0.25) is 0 Å². The van der Waals surface area contributed by atoms with Gasteiger partial charge in [-0.25, -0.2) is 4.79 Å². The number of carbonyl (C=O) groups excluding carboxylic acids is 2. The second kappa shape index (κ2) is 3.69. The van der Waals surface area contributed by atoms with Crippen LogP contribution in [0.25, 0.3) is 0 Å². The number of carbonyl (C=O) groups is 2. The van der Waals surface area contributed by atoms with E-state index in [-0.39, 0.29) is 25.0 Å². The van der Waals surface area contributed by atoms with Crippen LogP contribution in [-0.4, -0.2) is 35.3 Å². The van der Waals surface area contributed by atoms with Gasteiger partial charge in [0, 0.05) is 7.05 Å². The van der Waals surface area contributed by atoms with Crippen molar-refractivity contribution in [1.82, 2.24) is 9.80 Å². The number of imide groups is 1. The summed E-state index contributed by atoms with van der Waals surface area (Å²) in [5.74, 6) is 0.383. The lowest BCUT2D eigenvalue weighted by molar-refractivity contribution is -0.125. The zero-order valence-corrected chi connectivity index (χ0v) is 9.65. The first kappa shape index (κ1) is 10.2. The molecule has 5 nitrogen and oxygen atoms in total. The molecule has 0 aliphatic carbocycles. The summed E-state index contributed by atoms with van der Waals surface area (Å²) >= 11 is 3.16. The summed E-state index contributed by atoms with van der Waals surface area (Å²) in [5, 5.41) is 0. The fourth-order valence-electron chi connectivity index (χ4n) is 1.42. The van der Waals surface area contributed by atoms with Gasteiger partial charge < -0.3 is 9.32 Å². The molecule has 0 spiro atoms. The highest BCUT2D eigenvalue weighted by molar-refractivity contribution is 9.10. The van der Waals surface area contributed by atoms with E-state index in [0.29, 0.717) is 10.4 Å². The van der Waals surface area contributed by atoms with Crippen molar-refractivity contribution < 1.29 is 14.0 Å². The zero-order chi connectivity index (χ0) is 11.0. The first-order valence-corrected chi connectivity index (χ1v) is 5.17. The predicted molar refractivity (Wildman–Crippen MR) is 55.0 cm³/mol. The molecule has 2 rings (SSSR count). The number of urea groups is 1. The smallest absolute Gasteiger partial charge is 0.327 e. The molecule has 1 aliphatic heterocycles. The minimum atomic E-state index is -0.285. The highest BCUT2D eigenvalue weighted by Gasteiger charge is 2.33. The van der Waals surface area contributed by atoms with Crippen LogP contribution in [0, 0.1) is 0 Å². The average molecular weight is 273 g/mol. The summed E-state index contributed by atoms with van der Waals surface area (Å²) in [5.41, 5.74) is 0. The molecule has 1 aromatic heterocycles. The van der Waals surface area contributed by atoms with E-state index >= 15 is 0 Å². The van der Waals surface area contributed by atoms with E-state index in [0.717, 1.165) is 0 Å². The molecule has 1 fully saturated rings. The van der Waals surface area contributed by atoms with Gasteiger partial charge in [-0.1, -0.05) is 0 Å². The van der Waals surface area contributed by atoms with E-state index in [1.165, 1.54) is 9.80 Å². The second-order valence-electron chi connectivity index (χ2n) is 3.32. The Morgan fingerprint density at radius 3 is 2.67 bits per heavy atom. The van der Waals surface area contributed by atoms with Crippen molar-refractivity contribution in [1.29, 1.82) is 0 Å². The van der Waals surface area contributed by atoms with Gasteiger partial charge in [-0.2, -0.15) is 0 Å². The summed E-state index contributed by atoms with van der Waals surface area (Å²) in [7, 11) is 1.60. The number of likely N-dealkylation sites (N-methyl/N-ethyl adjacent to an activating group) is 1. The van der Waals surface area contributed by atoms with Gasteiger partial charge in [-0.15, -0.1) is 0 Å². The molecule has 0 bridgehead atoms. The SMILES string of the molecule is CN1CC(=O)N(Cc2ccc(Br)o2)C1=O. The van der Waals surface area contributed by atoms with Gasteiger partial charge in [0.1, 0.15) is 12.3 Å². The number of furan rings is 1. The maximum absolute atomic E-state index is 11.5. The molecule has 0 atom stereocenters. The molecule has 6 heteroatoms. The molecule has 0 radical (unpaired) electrons. The van der Waals surface area contributed by atoms with Gasteiger partial charge in [0.15, 0.2) is 4.67 Å². The number of hydrogen-bond acceptors (Lipinski definition) is 3. The Kier molecular flexibility index (Phi) is 2.52. The summed E-state index contributed by atoms with van der Waals surface area (Å²) in [6.45, 7) is 0.328. The fraction of sp³-hybridized carbons (Fsp3) is 0.333. The molecular formula is C9H9BrN2O3. The number of amides is 3. The number of halogens is 1. The van der Waals surface area contributed by atoms with Crippen molar-refractivity contribution in [3.8, 4) is 0 Å². The first-order chi connectivity index (χ1) is 7.08. The van der Waals surface area contributed by atoms with Crippen LogP contribution in [0.2, 0.25) is 0 Å². The third-order valence-electron chi connectivity index (χ3n) is 2.17. The van der Waals surface area contributed by atoms with Crippen molar-refractivity contribution in [2.45, 2.75) is 6.54 Å². The van der Waals surface area contributed by atoms with Crippen molar-refractivity contribution in [3.63, 3.8) is 0 Å². The largest absolute Gasteiger partial charge is 0.452 e. The third-order valence-corrected chi connectivity index (χ3v) is 2.60. The van der Waals surface area contributed by atoms with Crippen molar-refractivity contribution >= 4 is 27.9 Å². The second-order valence-corrected chi connectivity index (χ2v) is 4.11. The minimum Gasteiger partial charge on any atom is -0.452 e. The highest BCUT2D eigenvalue weighted by atomic mass is 79.9. The van der Waals surface area contributed by atoms with Crippen molar-refractivity contribution in [2.75, 3.05) is 13.6 Å². The van der Waals surface area contributed by atoms with Gasteiger partial charge >= 0.3 is 6.03 Å². The van der Waals surface area contributed by atoms with Gasteiger partial charge in [0.25, 0.3) is 5.91 Å². The van der Waals surface area contributed by atoms with Crippen LogP contribution in [0.4, 0.5) is 4.79 Å². The van der Waals surface area contributed by atoms with E-state index in [4.69, 9.17) is 4.42 Å². The fourth-order valence-corrected chi connectivity index (χ4v) is 1.76. The molecule has 0 unspecified atom stereocenters. The van der Waals surface area contributed by atoms with E-state index < -0.39 is 0 Å². The zero-order valence-electron chi connectivity index (χ0n) is 8.07. The van der Waals surface area contributed by atoms with Crippen LogP contribution in [0.5, 0.6) is 0 Å². The molecule has 1 aromatic rings. The van der Waals surface area contributed by atoms with Crippen LogP contribution in [-0.2, 0) is 11.3 Å². The Labute approximate surface area is 94.8 Å². The van der Waals surface area contributed by atoms with E-state index in [2.05, 4.69) is 15.9 Å². The van der Waals surface area contributed by atoms with E-state index in [9.17, 15) is 9.59 Å². The van der Waals surface area contributed by atoms with Crippen LogP contribution in [0.1, 0.15) is 5.76 Å². The molecule has 1 aliphatic rings. The topological polar surface area (TPSA) is 53.8 Å². The third kappa shape index (κ3) is 1.90. The molecule has 15 heavy (non-hydrogen) atoms. The maximum Gasteiger partial charge on any atom is 0.327 e. The van der Waals surface area contributed by atoms with E-state index in [1.54, 1.807) is 19.2 Å². The summed E-state index contributed by atoms with van der Waals surface area (Å²) in [4.78, 5) is 25.5. The molecule has 1 saturated heterocycles. The quantitative estimate of drug-likeness (QED) is 0.766. The predicted octanol–water partition coefficient (Wildman–Crippen LogP) is 1.44. The van der Waals surface area contributed by atoms with E-state index in [1.807, 2.05) is 0 Å². The van der Waals surface area contributed by atoms with Crippen LogP contribution < -0.4 is 0 Å². The first-order valence-electron chi connectivity index (χ1n) is 4.37. The Morgan fingerprint density at radius 2 is 2.20 bits per heavy atom. The van der Waals surface area contributed by atoms with Crippen LogP contribution in [0.15, 0.2) is 21.2 Å². The lowest BCUT2D eigenvalue weighted by atomic mass is 10.4. The van der Waals surface area contributed by atoms with Crippen LogP contribution in [0.3, 0.4) is 0 Å². The maximum atomic E-state index is 11.5. The molecule has 0 N–H and O–H groups in total. The normalized spacial score (nSPS) is 16.7. The Morgan fingerprint density at radius 1 is 1.47 bits per heavy atom. The monoisotopic (exact) mass is 272 g/mol. The molecule has 3 amide bonds. The molecule has 2 heterocycles. The Hall–Kier alpha value is -1.30. The standard InChI is InChI=1S/C9H9BrN2O3/c1-11-5-8(13)12(9(11)14)4-6-2-3-7(10)15-6/h2-3H,4-5H2,1H3. The minimum absolute atomic E-state index is 0.140. The summed E-state index contributed by atoms with van der Waals surface area (Å²) in [6.07, 6.45) is 0. The molecular weight excluding hydrogens is 264 g/mol. The van der Waals surface area contributed by atoms with Gasteiger partial charge in [-0.3, -0.25) is 9.69 Å². The number of rotatable bonds is 2. The summed E-state index contributed by atoms with van der Waals surface area (Å²) in [6, 6.07) is 3.17. The highest BCUT2D eigenvalue weighted by Crippen LogP contribution is 2.18. The number of hydrogen-bond donors (Lipinski definition) is 0. The molecule has 0 aromatic carbocycles.